The number of benzene rings is 1. The van der Waals surface area contributed by atoms with Gasteiger partial charge in [0, 0.05) is 5.92 Å². The standard InChI is InChI=1S/C15H25NO3S/c1-11(2)13(10-20(16,17)18)9-19-15-8-6-5-7-14(15)12(3)4/h5-8,11-13H,9-10H2,1-4H3,(H2,16,17,18). The summed E-state index contributed by atoms with van der Waals surface area (Å²) in [6.45, 7) is 8.53. The first-order valence-electron chi connectivity index (χ1n) is 6.93. The third-order valence-corrected chi connectivity index (χ3v) is 4.28. The molecule has 0 spiro atoms. The average Bonchev–Trinajstić information content (AvgIpc) is 2.33. The van der Waals surface area contributed by atoms with Crippen molar-refractivity contribution in [3.63, 3.8) is 0 Å². The smallest absolute Gasteiger partial charge is 0.209 e. The van der Waals surface area contributed by atoms with Crippen LogP contribution in [-0.4, -0.2) is 20.8 Å². The van der Waals surface area contributed by atoms with Crippen molar-refractivity contribution in [3.8, 4) is 5.75 Å². The minimum absolute atomic E-state index is 0.0471. The van der Waals surface area contributed by atoms with E-state index in [1.807, 2.05) is 38.1 Å². The van der Waals surface area contributed by atoms with E-state index in [-0.39, 0.29) is 17.6 Å². The zero-order chi connectivity index (χ0) is 15.3. The molecule has 1 rings (SSSR count). The van der Waals surface area contributed by atoms with Gasteiger partial charge in [-0.2, -0.15) is 0 Å². The fourth-order valence-corrected chi connectivity index (χ4v) is 3.10. The molecule has 4 nitrogen and oxygen atoms in total. The van der Waals surface area contributed by atoms with E-state index >= 15 is 0 Å². The lowest BCUT2D eigenvalue weighted by atomic mass is 9.98. The van der Waals surface area contributed by atoms with Gasteiger partial charge < -0.3 is 4.74 Å². The second-order valence-corrected chi connectivity index (χ2v) is 7.50. The van der Waals surface area contributed by atoms with Crippen molar-refractivity contribution >= 4 is 10.0 Å². The van der Waals surface area contributed by atoms with Crippen LogP contribution in [0, 0.1) is 11.8 Å². The molecule has 20 heavy (non-hydrogen) atoms. The predicted molar refractivity (Wildman–Crippen MR) is 82.3 cm³/mol. The first kappa shape index (κ1) is 17.0. The summed E-state index contributed by atoms with van der Waals surface area (Å²) < 4.78 is 28.4. The van der Waals surface area contributed by atoms with Crippen LogP contribution < -0.4 is 9.88 Å². The number of nitrogens with two attached hydrogens (primary N) is 1. The molecule has 5 heteroatoms. The monoisotopic (exact) mass is 299 g/mol. The molecule has 0 amide bonds. The highest BCUT2D eigenvalue weighted by Crippen LogP contribution is 2.27. The maximum atomic E-state index is 11.3. The summed E-state index contributed by atoms with van der Waals surface area (Å²) in [6.07, 6.45) is 0. The van der Waals surface area contributed by atoms with Crippen LogP contribution in [0.3, 0.4) is 0 Å². The third kappa shape index (κ3) is 5.51. The third-order valence-electron chi connectivity index (χ3n) is 3.38. The molecule has 0 bridgehead atoms. The van der Waals surface area contributed by atoms with Gasteiger partial charge in [0.15, 0.2) is 0 Å². The van der Waals surface area contributed by atoms with Gasteiger partial charge in [-0.3, -0.25) is 0 Å². The van der Waals surface area contributed by atoms with E-state index in [9.17, 15) is 8.42 Å². The van der Waals surface area contributed by atoms with E-state index in [1.165, 1.54) is 0 Å². The molecule has 1 aromatic rings. The van der Waals surface area contributed by atoms with Crippen molar-refractivity contribution in [1.29, 1.82) is 0 Å². The maximum Gasteiger partial charge on any atom is 0.209 e. The summed E-state index contributed by atoms with van der Waals surface area (Å²) in [7, 11) is -3.48. The van der Waals surface area contributed by atoms with Gasteiger partial charge in [0.25, 0.3) is 0 Å². The molecule has 0 aromatic heterocycles. The van der Waals surface area contributed by atoms with Crippen LogP contribution in [0.2, 0.25) is 0 Å². The molecule has 1 unspecified atom stereocenters. The molecule has 1 aromatic carbocycles. The molecule has 2 N–H and O–H groups in total. The summed E-state index contributed by atoms with van der Waals surface area (Å²) in [6, 6.07) is 7.85. The largest absolute Gasteiger partial charge is 0.493 e. The van der Waals surface area contributed by atoms with E-state index < -0.39 is 10.0 Å². The van der Waals surface area contributed by atoms with Crippen molar-refractivity contribution in [1.82, 2.24) is 0 Å². The zero-order valence-electron chi connectivity index (χ0n) is 12.7. The number of para-hydroxylation sites is 1. The predicted octanol–water partition coefficient (Wildman–Crippen LogP) is 2.75. The molecule has 0 aliphatic carbocycles. The molecular formula is C15H25NO3S. The first-order chi connectivity index (χ1) is 9.20. The summed E-state index contributed by atoms with van der Waals surface area (Å²) in [5.74, 6) is 1.23. The Balaban J connectivity index is 2.78. The molecular weight excluding hydrogens is 274 g/mol. The summed E-state index contributed by atoms with van der Waals surface area (Å²) in [4.78, 5) is 0. The topological polar surface area (TPSA) is 69.4 Å². The zero-order valence-corrected chi connectivity index (χ0v) is 13.5. The van der Waals surface area contributed by atoms with Crippen molar-refractivity contribution < 1.29 is 13.2 Å². The van der Waals surface area contributed by atoms with Crippen molar-refractivity contribution in [3.05, 3.63) is 29.8 Å². The Kier molecular flexibility index (Phi) is 6.02. The van der Waals surface area contributed by atoms with Gasteiger partial charge in [-0.15, -0.1) is 0 Å². The van der Waals surface area contributed by atoms with Gasteiger partial charge in [-0.1, -0.05) is 45.9 Å². The van der Waals surface area contributed by atoms with E-state index in [2.05, 4.69) is 13.8 Å². The van der Waals surface area contributed by atoms with E-state index in [0.29, 0.717) is 12.5 Å². The molecule has 0 saturated heterocycles. The highest BCUT2D eigenvalue weighted by atomic mass is 32.2. The summed E-state index contributed by atoms with van der Waals surface area (Å²) in [5, 5.41) is 5.14. The molecule has 0 radical (unpaired) electrons. The Labute approximate surface area is 122 Å². The molecule has 0 heterocycles. The molecule has 0 fully saturated rings. The average molecular weight is 299 g/mol. The number of hydrogen-bond acceptors (Lipinski definition) is 3. The number of ether oxygens (including phenoxy) is 1. The highest BCUT2D eigenvalue weighted by Gasteiger charge is 2.21. The minimum atomic E-state index is -3.48. The Hall–Kier alpha value is -1.07. The van der Waals surface area contributed by atoms with Gasteiger partial charge >= 0.3 is 0 Å². The molecule has 0 saturated carbocycles. The first-order valence-corrected chi connectivity index (χ1v) is 8.64. The van der Waals surface area contributed by atoms with Crippen LogP contribution in [-0.2, 0) is 10.0 Å². The van der Waals surface area contributed by atoms with Crippen LogP contribution >= 0.6 is 0 Å². The van der Waals surface area contributed by atoms with Gasteiger partial charge in [-0.25, -0.2) is 13.6 Å². The van der Waals surface area contributed by atoms with Crippen LogP contribution in [0.25, 0.3) is 0 Å². The Morgan fingerprint density at radius 3 is 2.25 bits per heavy atom. The van der Waals surface area contributed by atoms with Crippen LogP contribution in [0.15, 0.2) is 24.3 Å². The summed E-state index contributed by atoms with van der Waals surface area (Å²) >= 11 is 0. The van der Waals surface area contributed by atoms with Crippen molar-refractivity contribution in [2.75, 3.05) is 12.4 Å². The minimum Gasteiger partial charge on any atom is -0.493 e. The van der Waals surface area contributed by atoms with Gasteiger partial charge in [0.2, 0.25) is 10.0 Å². The molecule has 114 valence electrons. The van der Waals surface area contributed by atoms with Crippen LogP contribution in [0.1, 0.15) is 39.2 Å². The van der Waals surface area contributed by atoms with E-state index in [4.69, 9.17) is 9.88 Å². The molecule has 0 aliphatic heterocycles. The fraction of sp³-hybridized carbons (Fsp3) is 0.600. The number of sulfonamides is 1. The fourth-order valence-electron chi connectivity index (χ4n) is 2.02. The van der Waals surface area contributed by atoms with Crippen molar-refractivity contribution in [2.24, 2.45) is 17.0 Å². The highest BCUT2D eigenvalue weighted by molar-refractivity contribution is 7.89. The van der Waals surface area contributed by atoms with E-state index in [0.717, 1.165) is 11.3 Å². The quantitative estimate of drug-likeness (QED) is 0.841. The van der Waals surface area contributed by atoms with Gasteiger partial charge in [0.05, 0.1) is 12.4 Å². The SMILES string of the molecule is CC(C)c1ccccc1OCC(CS(N)(=O)=O)C(C)C. The van der Waals surface area contributed by atoms with Gasteiger partial charge in [0.1, 0.15) is 5.75 Å². The normalized spacial score (nSPS) is 13.8. The number of hydrogen-bond donors (Lipinski definition) is 1. The maximum absolute atomic E-state index is 11.3. The molecule has 0 aliphatic rings. The van der Waals surface area contributed by atoms with Crippen LogP contribution in [0.4, 0.5) is 0 Å². The van der Waals surface area contributed by atoms with Crippen LogP contribution in [0.5, 0.6) is 5.75 Å². The number of rotatable bonds is 7. The second-order valence-electron chi connectivity index (χ2n) is 5.84. The lowest BCUT2D eigenvalue weighted by Gasteiger charge is -2.22. The second kappa shape index (κ2) is 7.09. The number of primary sulfonamides is 1. The lowest BCUT2D eigenvalue weighted by Crippen LogP contribution is -2.30. The molecule has 1 atom stereocenters. The lowest BCUT2D eigenvalue weighted by molar-refractivity contribution is 0.222. The Bertz CT molecular complexity index is 524. The van der Waals surface area contributed by atoms with Crippen molar-refractivity contribution in [2.45, 2.75) is 33.6 Å². The summed E-state index contributed by atoms with van der Waals surface area (Å²) in [5.41, 5.74) is 1.13. The Morgan fingerprint density at radius 2 is 1.75 bits per heavy atom. The van der Waals surface area contributed by atoms with Gasteiger partial charge in [-0.05, 0) is 23.5 Å². The Morgan fingerprint density at radius 1 is 1.15 bits per heavy atom. The van der Waals surface area contributed by atoms with E-state index in [1.54, 1.807) is 0 Å².